The Morgan fingerprint density at radius 2 is 2.06 bits per heavy atom. The summed E-state index contributed by atoms with van der Waals surface area (Å²) in [7, 11) is 1.76. The highest BCUT2D eigenvalue weighted by molar-refractivity contribution is 5.07. The minimum atomic E-state index is -0.0871. The molecule has 0 saturated carbocycles. The molecule has 0 aliphatic carbocycles. The predicted molar refractivity (Wildman–Crippen MR) is 71.0 cm³/mol. The van der Waals surface area contributed by atoms with Crippen LogP contribution >= 0.6 is 0 Å². The molecule has 17 heavy (non-hydrogen) atoms. The van der Waals surface area contributed by atoms with Gasteiger partial charge in [0, 0.05) is 25.4 Å². The van der Waals surface area contributed by atoms with E-state index in [0.717, 1.165) is 12.1 Å². The fourth-order valence-electron chi connectivity index (χ4n) is 2.02. The molecule has 3 heteroatoms. The van der Waals surface area contributed by atoms with Gasteiger partial charge < -0.3 is 10.1 Å². The maximum Gasteiger partial charge on any atom is 0.0637 e. The van der Waals surface area contributed by atoms with Crippen LogP contribution in [-0.4, -0.2) is 23.7 Å². The average molecular weight is 236 g/mol. The molecular formula is C14H24N2O. The molecule has 1 aromatic heterocycles. The van der Waals surface area contributed by atoms with Crippen LogP contribution in [0.3, 0.4) is 0 Å². The van der Waals surface area contributed by atoms with E-state index in [1.165, 1.54) is 0 Å². The summed E-state index contributed by atoms with van der Waals surface area (Å²) in [4.78, 5) is 4.35. The predicted octanol–water partition coefficient (Wildman–Crippen LogP) is 2.94. The molecule has 3 nitrogen and oxygen atoms in total. The van der Waals surface area contributed by atoms with Crippen LogP contribution in [0.5, 0.6) is 0 Å². The van der Waals surface area contributed by atoms with Crippen molar-refractivity contribution in [3.63, 3.8) is 0 Å². The van der Waals surface area contributed by atoms with Crippen molar-refractivity contribution in [2.45, 2.75) is 51.8 Å². The summed E-state index contributed by atoms with van der Waals surface area (Å²) in [5, 5.41) is 3.54. The van der Waals surface area contributed by atoms with Gasteiger partial charge in [-0.05, 0) is 46.2 Å². The Balaban J connectivity index is 2.49. The summed E-state index contributed by atoms with van der Waals surface area (Å²) in [5.41, 5.74) is 0.991. The van der Waals surface area contributed by atoms with E-state index in [9.17, 15) is 0 Å². The van der Waals surface area contributed by atoms with E-state index in [1.54, 1.807) is 7.11 Å². The van der Waals surface area contributed by atoms with Crippen molar-refractivity contribution in [3.8, 4) is 0 Å². The molecule has 0 bridgehead atoms. The van der Waals surface area contributed by atoms with Gasteiger partial charge in [0.2, 0.25) is 0 Å². The third-order valence-electron chi connectivity index (χ3n) is 3.02. The zero-order valence-corrected chi connectivity index (χ0v) is 11.5. The van der Waals surface area contributed by atoms with E-state index < -0.39 is 0 Å². The highest BCUT2D eigenvalue weighted by atomic mass is 16.5. The van der Waals surface area contributed by atoms with E-state index in [2.05, 4.69) is 38.0 Å². The van der Waals surface area contributed by atoms with E-state index in [0.29, 0.717) is 6.04 Å². The van der Waals surface area contributed by atoms with Gasteiger partial charge in [0.15, 0.2) is 0 Å². The van der Waals surface area contributed by atoms with Crippen LogP contribution in [0.1, 0.15) is 45.9 Å². The Labute approximate surface area is 105 Å². The number of nitrogens with one attached hydrogen (secondary N) is 1. The van der Waals surface area contributed by atoms with Crippen LogP contribution < -0.4 is 5.32 Å². The van der Waals surface area contributed by atoms with Gasteiger partial charge in [0.1, 0.15) is 0 Å². The second-order valence-corrected chi connectivity index (χ2v) is 5.21. The fraction of sp³-hybridized carbons (Fsp3) is 0.643. The maximum atomic E-state index is 5.44. The van der Waals surface area contributed by atoms with Crippen molar-refractivity contribution >= 4 is 0 Å². The first-order chi connectivity index (χ1) is 7.94. The van der Waals surface area contributed by atoms with Gasteiger partial charge >= 0.3 is 0 Å². The molecule has 2 atom stereocenters. The highest BCUT2D eigenvalue weighted by Crippen LogP contribution is 2.17. The number of rotatable bonds is 6. The molecule has 1 unspecified atom stereocenters. The molecule has 0 radical (unpaired) electrons. The standard InChI is InChI=1S/C14H24N2O/c1-11(10-14(3,4)17-5)16-12(2)13-8-6-7-9-15-13/h6-9,11-12,16H,10H2,1-5H3/t11?,12-/m0/s1. The van der Waals surface area contributed by atoms with Gasteiger partial charge in [0.05, 0.1) is 11.3 Å². The summed E-state index contributed by atoms with van der Waals surface area (Å²) in [6, 6.07) is 6.66. The summed E-state index contributed by atoms with van der Waals surface area (Å²) in [5.74, 6) is 0. The molecule has 1 rings (SSSR count). The van der Waals surface area contributed by atoms with E-state index in [1.807, 2.05) is 24.4 Å². The van der Waals surface area contributed by atoms with Gasteiger partial charge in [-0.25, -0.2) is 0 Å². The smallest absolute Gasteiger partial charge is 0.0637 e. The topological polar surface area (TPSA) is 34.1 Å². The molecule has 0 spiro atoms. The Kier molecular flexibility index (Phi) is 5.09. The number of methoxy groups -OCH3 is 1. The van der Waals surface area contributed by atoms with Crippen LogP contribution in [0, 0.1) is 0 Å². The van der Waals surface area contributed by atoms with Crippen LogP contribution in [0.25, 0.3) is 0 Å². The van der Waals surface area contributed by atoms with Gasteiger partial charge in [0.25, 0.3) is 0 Å². The Bertz CT molecular complexity index is 324. The van der Waals surface area contributed by atoms with Crippen LogP contribution in [0.2, 0.25) is 0 Å². The first-order valence-electron chi connectivity index (χ1n) is 6.17. The molecule has 0 aliphatic heterocycles. The largest absolute Gasteiger partial charge is 0.379 e. The van der Waals surface area contributed by atoms with Crippen molar-refractivity contribution in [1.82, 2.24) is 10.3 Å². The number of nitrogens with zero attached hydrogens (tertiary/aromatic N) is 1. The molecule has 0 fully saturated rings. The summed E-state index contributed by atoms with van der Waals surface area (Å²) >= 11 is 0. The highest BCUT2D eigenvalue weighted by Gasteiger charge is 2.21. The van der Waals surface area contributed by atoms with Crippen molar-refractivity contribution < 1.29 is 4.74 Å². The normalized spacial score (nSPS) is 15.6. The van der Waals surface area contributed by atoms with Crippen LogP contribution in [0.4, 0.5) is 0 Å². The molecule has 0 aliphatic rings. The lowest BCUT2D eigenvalue weighted by atomic mass is 9.99. The summed E-state index contributed by atoms with van der Waals surface area (Å²) < 4.78 is 5.44. The van der Waals surface area contributed by atoms with Gasteiger partial charge in [-0.3, -0.25) is 4.98 Å². The van der Waals surface area contributed by atoms with E-state index in [4.69, 9.17) is 4.74 Å². The number of hydrogen-bond donors (Lipinski definition) is 1. The first-order valence-corrected chi connectivity index (χ1v) is 6.17. The van der Waals surface area contributed by atoms with Crippen molar-refractivity contribution in [2.24, 2.45) is 0 Å². The zero-order valence-electron chi connectivity index (χ0n) is 11.5. The number of ether oxygens (including phenoxy) is 1. The summed E-state index contributed by atoms with van der Waals surface area (Å²) in [6.45, 7) is 8.53. The molecule has 1 N–H and O–H groups in total. The SMILES string of the molecule is COC(C)(C)CC(C)N[C@@H](C)c1ccccn1. The minimum Gasteiger partial charge on any atom is -0.379 e. The lowest BCUT2D eigenvalue weighted by Gasteiger charge is -2.28. The molecule has 0 aromatic carbocycles. The molecule has 1 heterocycles. The molecule has 0 amide bonds. The molecule has 96 valence electrons. The Morgan fingerprint density at radius 3 is 2.59 bits per heavy atom. The van der Waals surface area contributed by atoms with Gasteiger partial charge in [-0.2, -0.15) is 0 Å². The van der Waals surface area contributed by atoms with Crippen molar-refractivity contribution in [1.29, 1.82) is 0 Å². The number of hydrogen-bond acceptors (Lipinski definition) is 3. The quantitative estimate of drug-likeness (QED) is 0.824. The molecule has 0 saturated heterocycles. The number of aromatic nitrogens is 1. The second kappa shape index (κ2) is 6.12. The Hall–Kier alpha value is -0.930. The monoisotopic (exact) mass is 236 g/mol. The maximum absolute atomic E-state index is 5.44. The average Bonchev–Trinajstić information content (AvgIpc) is 2.29. The molecule has 1 aromatic rings. The zero-order chi connectivity index (χ0) is 12.9. The third-order valence-corrected chi connectivity index (χ3v) is 3.02. The second-order valence-electron chi connectivity index (χ2n) is 5.21. The van der Waals surface area contributed by atoms with E-state index >= 15 is 0 Å². The van der Waals surface area contributed by atoms with Gasteiger partial charge in [-0.15, -0.1) is 0 Å². The lowest BCUT2D eigenvalue weighted by Crippen LogP contribution is -2.37. The number of pyridine rings is 1. The van der Waals surface area contributed by atoms with E-state index in [-0.39, 0.29) is 11.6 Å². The van der Waals surface area contributed by atoms with Crippen LogP contribution in [0.15, 0.2) is 24.4 Å². The van der Waals surface area contributed by atoms with Crippen LogP contribution in [-0.2, 0) is 4.74 Å². The lowest BCUT2D eigenvalue weighted by molar-refractivity contribution is 0.00779. The van der Waals surface area contributed by atoms with Crippen molar-refractivity contribution in [3.05, 3.63) is 30.1 Å². The van der Waals surface area contributed by atoms with Gasteiger partial charge in [-0.1, -0.05) is 6.07 Å². The first kappa shape index (κ1) is 14.1. The summed E-state index contributed by atoms with van der Waals surface area (Å²) in [6.07, 6.45) is 2.80. The van der Waals surface area contributed by atoms with Crippen molar-refractivity contribution in [2.75, 3.05) is 7.11 Å². The minimum absolute atomic E-state index is 0.0871. The molecular weight excluding hydrogens is 212 g/mol. The Morgan fingerprint density at radius 1 is 1.35 bits per heavy atom. The fourth-order valence-corrected chi connectivity index (χ4v) is 2.02. The third kappa shape index (κ3) is 4.84.